The third-order valence-corrected chi connectivity index (χ3v) is 3.28. The first-order chi connectivity index (χ1) is 9.73. The standard InChI is InChI=1S/C13H17Cl2N3O3/c1-5-7-6-20-8-9(14)16-11(15)17-10(8)18(7)12(19)21-13(2,3)4/h7H,5-6H2,1-4H3. The summed E-state index contributed by atoms with van der Waals surface area (Å²) < 4.78 is 11.0. The van der Waals surface area contributed by atoms with Crippen molar-refractivity contribution in [3.8, 4) is 5.75 Å². The maximum atomic E-state index is 12.5. The molecule has 2 rings (SSSR count). The van der Waals surface area contributed by atoms with Crippen LogP contribution in [0.3, 0.4) is 0 Å². The molecule has 1 atom stereocenters. The number of amides is 1. The van der Waals surface area contributed by atoms with Gasteiger partial charge in [-0.3, -0.25) is 4.90 Å². The molecular formula is C13H17Cl2N3O3. The number of anilines is 1. The van der Waals surface area contributed by atoms with Crippen LogP contribution in [0.1, 0.15) is 34.1 Å². The lowest BCUT2D eigenvalue weighted by Gasteiger charge is -2.36. The molecule has 1 aromatic rings. The fourth-order valence-corrected chi connectivity index (χ4v) is 2.38. The molecule has 0 bridgehead atoms. The van der Waals surface area contributed by atoms with Gasteiger partial charge in [-0.1, -0.05) is 18.5 Å². The van der Waals surface area contributed by atoms with Gasteiger partial charge >= 0.3 is 6.09 Å². The normalized spacial score (nSPS) is 18.0. The molecule has 8 heteroatoms. The van der Waals surface area contributed by atoms with Crippen molar-refractivity contribution in [3.05, 3.63) is 10.4 Å². The van der Waals surface area contributed by atoms with Crippen LogP contribution in [0.2, 0.25) is 10.4 Å². The van der Waals surface area contributed by atoms with Crippen molar-refractivity contribution in [2.75, 3.05) is 11.5 Å². The fraction of sp³-hybridized carbons (Fsp3) is 0.615. The molecule has 1 aliphatic rings. The largest absolute Gasteiger partial charge is 0.485 e. The van der Waals surface area contributed by atoms with Crippen LogP contribution in [0, 0.1) is 0 Å². The molecule has 0 spiro atoms. The van der Waals surface area contributed by atoms with E-state index in [0.29, 0.717) is 13.0 Å². The number of carbonyl (C=O) groups excluding carboxylic acids is 1. The predicted molar refractivity (Wildman–Crippen MR) is 80.3 cm³/mol. The second kappa shape index (κ2) is 5.85. The zero-order chi connectivity index (χ0) is 15.8. The van der Waals surface area contributed by atoms with E-state index in [-0.39, 0.29) is 28.0 Å². The highest BCUT2D eigenvalue weighted by molar-refractivity contribution is 6.33. The Labute approximate surface area is 133 Å². The number of hydrogen-bond donors (Lipinski definition) is 0. The average Bonchev–Trinajstić information content (AvgIpc) is 2.34. The van der Waals surface area contributed by atoms with Gasteiger partial charge in [0, 0.05) is 0 Å². The Balaban J connectivity index is 2.45. The second-order valence-corrected chi connectivity index (χ2v) is 6.36. The highest BCUT2D eigenvalue weighted by atomic mass is 35.5. The van der Waals surface area contributed by atoms with Crippen LogP contribution in [0.5, 0.6) is 5.75 Å². The van der Waals surface area contributed by atoms with Crippen molar-refractivity contribution in [1.82, 2.24) is 9.97 Å². The molecule has 1 amide bonds. The van der Waals surface area contributed by atoms with Crippen LogP contribution >= 0.6 is 23.2 Å². The number of halogens is 2. The molecule has 0 fully saturated rings. The summed E-state index contributed by atoms with van der Waals surface area (Å²) in [7, 11) is 0. The van der Waals surface area contributed by atoms with E-state index >= 15 is 0 Å². The minimum Gasteiger partial charge on any atom is -0.485 e. The molecular weight excluding hydrogens is 317 g/mol. The molecule has 0 aliphatic carbocycles. The summed E-state index contributed by atoms with van der Waals surface area (Å²) in [4.78, 5) is 21.8. The molecule has 21 heavy (non-hydrogen) atoms. The van der Waals surface area contributed by atoms with Gasteiger partial charge in [0.15, 0.2) is 16.7 Å². The molecule has 1 aromatic heterocycles. The summed E-state index contributed by atoms with van der Waals surface area (Å²) in [5.74, 6) is 0.490. The summed E-state index contributed by atoms with van der Waals surface area (Å²) in [6, 6.07) is -0.200. The maximum absolute atomic E-state index is 12.5. The van der Waals surface area contributed by atoms with Crippen LogP contribution in [-0.4, -0.2) is 34.3 Å². The van der Waals surface area contributed by atoms with Crippen LogP contribution < -0.4 is 9.64 Å². The predicted octanol–water partition coefficient (Wildman–Crippen LogP) is 3.70. The van der Waals surface area contributed by atoms with Gasteiger partial charge in [-0.25, -0.2) is 9.78 Å². The van der Waals surface area contributed by atoms with Crippen LogP contribution in [0.25, 0.3) is 0 Å². The third-order valence-electron chi connectivity index (χ3n) is 2.85. The van der Waals surface area contributed by atoms with Crippen LogP contribution in [0.4, 0.5) is 10.6 Å². The minimum absolute atomic E-state index is 0.0485. The molecule has 6 nitrogen and oxygen atoms in total. The van der Waals surface area contributed by atoms with Crippen LogP contribution in [0.15, 0.2) is 0 Å². The molecule has 0 radical (unpaired) electrons. The summed E-state index contributed by atoms with van der Waals surface area (Å²) in [6.07, 6.45) is 0.169. The topological polar surface area (TPSA) is 64.6 Å². The highest BCUT2D eigenvalue weighted by Gasteiger charge is 2.37. The number of ether oxygens (including phenoxy) is 2. The molecule has 1 aliphatic heterocycles. The van der Waals surface area contributed by atoms with Gasteiger partial charge in [0.1, 0.15) is 12.2 Å². The molecule has 116 valence electrons. The highest BCUT2D eigenvalue weighted by Crippen LogP contribution is 2.39. The number of hydrogen-bond acceptors (Lipinski definition) is 5. The van der Waals surface area contributed by atoms with E-state index < -0.39 is 11.7 Å². The van der Waals surface area contributed by atoms with Crippen molar-refractivity contribution in [1.29, 1.82) is 0 Å². The zero-order valence-electron chi connectivity index (χ0n) is 12.3. The third kappa shape index (κ3) is 3.49. The number of nitrogens with zero attached hydrogens (tertiary/aromatic N) is 3. The minimum atomic E-state index is -0.617. The summed E-state index contributed by atoms with van der Waals surface area (Å²) >= 11 is 11.8. The van der Waals surface area contributed by atoms with E-state index in [2.05, 4.69) is 9.97 Å². The first-order valence-electron chi connectivity index (χ1n) is 6.61. The van der Waals surface area contributed by atoms with E-state index in [4.69, 9.17) is 32.7 Å². The fourth-order valence-electron chi connectivity index (χ4n) is 1.95. The lowest BCUT2D eigenvalue weighted by atomic mass is 10.1. The van der Waals surface area contributed by atoms with Gasteiger partial charge in [-0.05, 0) is 38.8 Å². The Morgan fingerprint density at radius 1 is 1.43 bits per heavy atom. The van der Waals surface area contributed by atoms with E-state index in [9.17, 15) is 4.79 Å². The van der Waals surface area contributed by atoms with E-state index in [1.54, 1.807) is 20.8 Å². The van der Waals surface area contributed by atoms with Crippen molar-refractivity contribution in [2.45, 2.75) is 45.8 Å². The van der Waals surface area contributed by atoms with Gasteiger partial charge in [0.2, 0.25) is 5.28 Å². The van der Waals surface area contributed by atoms with Gasteiger partial charge in [-0.2, -0.15) is 4.98 Å². The van der Waals surface area contributed by atoms with Crippen molar-refractivity contribution in [3.63, 3.8) is 0 Å². The van der Waals surface area contributed by atoms with Crippen molar-refractivity contribution < 1.29 is 14.3 Å². The Morgan fingerprint density at radius 3 is 2.67 bits per heavy atom. The van der Waals surface area contributed by atoms with Gasteiger partial charge in [-0.15, -0.1) is 0 Å². The van der Waals surface area contributed by atoms with Gasteiger partial charge in [0.25, 0.3) is 0 Å². The molecule has 0 saturated carbocycles. The van der Waals surface area contributed by atoms with Crippen LogP contribution in [-0.2, 0) is 4.74 Å². The average molecular weight is 334 g/mol. The molecule has 0 N–H and O–H groups in total. The quantitative estimate of drug-likeness (QED) is 0.579. The van der Waals surface area contributed by atoms with Crippen molar-refractivity contribution >= 4 is 35.1 Å². The van der Waals surface area contributed by atoms with E-state index in [0.717, 1.165) is 0 Å². The number of carbonyl (C=O) groups is 1. The number of fused-ring (bicyclic) bond motifs is 1. The van der Waals surface area contributed by atoms with Gasteiger partial charge < -0.3 is 9.47 Å². The maximum Gasteiger partial charge on any atom is 0.416 e. The molecule has 0 aromatic carbocycles. The molecule has 2 heterocycles. The number of aromatic nitrogens is 2. The Bertz CT molecular complexity index is 560. The first kappa shape index (κ1) is 16.1. The molecule has 1 unspecified atom stereocenters. The summed E-state index contributed by atoms with van der Waals surface area (Å²) in [5, 5.41) is 0.0285. The first-order valence-corrected chi connectivity index (χ1v) is 7.36. The smallest absolute Gasteiger partial charge is 0.416 e. The SMILES string of the molecule is CCC1COc2c(Cl)nc(Cl)nc2N1C(=O)OC(C)(C)C. The lowest BCUT2D eigenvalue weighted by Crippen LogP contribution is -2.49. The van der Waals surface area contributed by atoms with Gasteiger partial charge in [0.05, 0.1) is 6.04 Å². The Morgan fingerprint density at radius 2 is 2.10 bits per heavy atom. The van der Waals surface area contributed by atoms with E-state index in [1.807, 2.05) is 6.92 Å². The summed E-state index contributed by atoms with van der Waals surface area (Å²) in [6.45, 7) is 7.64. The Kier molecular flexibility index (Phi) is 4.49. The van der Waals surface area contributed by atoms with Crippen molar-refractivity contribution in [2.24, 2.45) is 0 Å². The Hall–Kier alpha value is -1.27. The monoisotopic (exact) mass is 333 g/mol. The second-order valence-electron chi connectivity index (χ2n) is 5.66. The van der Waals surface area contributed by atoms with E-state index in [1.165, 1.54) is 4.90 Å². The summed E-state index contributed by atoms with van der Waals surface area (Å²) in [5.41, 5.74) is -0.617. The lowest BCUT2D eigenvalue weighted by molar-refractivity contribution is 0.0539. The molecule has 0 saturated heterocycles. The zero-order valence-corrected chi connectivity index (χ0v) is 13.8. The number of rotatable bonds is 1.